The second kappa shape index (κ2) is 6.68. The van der Waals surface area contributed by atoms with Crippen LogP contribution in [0.1, 0.15) is 30.9 Å². The van der Waals surface area contributed by atoms with Crippen LogP contribution in [0.2, 0.25) is 0 Å². The monoisotopic (exact) mass is 262 g/mol. The quantitative estimate of drug-likeness (QED) is 0.763. The molecule has 1 aliphatic heterocycles. The van der Waals surface area contributed by atoms with Gasteiger partial charge in [0.1, 0.15) is 0 Å². The van der Waals surface area contributed by atoms with Crippen LogP contribution in [-0.4, -0.2) is 23.6 Å². The summed E-state index contributed by atoms with van der Waals surface area (Å²) in [6.07, 6.45) is 2.06. The van der Waals surface area contributed by atoms with Gasteiger partial charge in [0.15, 0.2) is 0 Å². The summed E-state index contributed by atoms with van der Waals surface area (Å²) in [5.41, 5.74) is 1.94. The minimum Gasteiger partial charge on any atom is -0.392 e. The Balaban J connectivity index is 1.82. The fourth-order valence-corrected chi connectivity index (χ4v) is 2.38. The summed E-state index contributed by atoms with van der Waals surface area (Å²) in [5.74, 6) is 0.693. The SMILES string of the molecule is CC1CCNC(C(=O)NCc2ccc(CO)cc2)C1. The van der Waals surface area contributed by atoms with E-state index in [4.69, 9.17) is 5.11 Å². The molecular weight excluding hydrogens is 240 g/mol. The number of carbonyl (C=O) groups is 1. The highest BCUT2D eigenvalue weighted by atomic mass is 16.3. The molecule has 19 heavy (non-hydrogen) atoms. The van der Waals surface area contributed by atoms with Crippen molar-refractivity contribution in [1.82, 2.24) is 10.6 Å². The average Bonchev–Trinajstić information content (AvgIpc) is 2.45. The Morgan fingerprint density at radius 1 is 1.37 bits per heavy atom. The van der Waals surface area contributed by atoms with Gasteiger partial charge in [-0.05, 0) is 36.4 Å². The van der Waals surface area contributed by atoms with Crippen molar-refractivity contribution in [1.29, 1.82) is 0 Å². The smallest absolute Gasteiger partial charge is 0.237 e. The van der Waals surface area contributed by atoms with E-state index >= 15 is 0 Å². The predicted octanol–water partition coefficient (Wildman–Crippen LogP) is 1.18. The van der Waals surface area contributed by atoms with Crippen molar-refractivity contribution in [2.24, 2.45) is 5.92 Å². The predicted molar refractivity (Wildman–Crippen MR) is 74.4 cm³/mol. The van der Waals surface area contributed by atoms with Crippen LogP contribution in [0.4, 0.5) is 0 Å². The number of amides is 1. The molecule has 2 rings (SSSR count). The molecule has 1 aromatic rings. The van der Waals surface area contributed by atoms with Crippen LogP contribution in [0.15, 0.2) is 24.3 Å². The largest absolute Gasteiger partial charge is 0.392 e. The van der Waals surface area contributed by atoms with Crippen LogP contribution < -0.4 is 10.6 Å². The second-order valence-corrected chi connectivity index (χ2v) is 5.33. The van der Waals surface area contributed by atoms with Gasteiger partial charge in [-0.25, -0.2) is 0 Å². The highest BCUT2D eigenvalue weighted by molar-refractivity contribution is 5.81. The van der Waals surface area contributed by atoms with Crippen LogP contribution in [0.3, 0.4) is 0 Å². The zero-order chi connectivity index (χ0) is 13.7. The van der Waals surface area contributed by atoms with E-state index in [1.54, 1.807) is 0 Å². The first-order valence-electron chi connectivity index (χ1n) is 6.89. The molecule has 0 spiro atoms. The molecule has 1 amide bonds. The number of hydrogen-bond acceptors (Lipinski definition) is 3. The first-order chi connectivity index (χ1) is 9.19. The van der Waals surface area contributed by atoms with Gasteiger partial charge in [0.25, 0.3) is 0 Å². The van der Waals surface area contributed by atoms with Crippen molar-refractivity contribution >= 4 is 5.91 Å². The van der Waals surface area contributed by atoms with E-state index < -0.39 is 0 Å². The lowest BCUT2D eigenvalue weighted by molar-refractivity contribution is -0.124. The van der Waals surface area contributed by atoms with Crippen molar-refractivity contribution < 1.29 is 9.90 Å². The number of aliphatic hydroxyl groups is 1. The third-order valence-electron chi connectivity index (χ3n) is 3.65. The Labute approximate surface area is 114 Å². The van der Waals surface area contributed by atoms with E-state index in [0.29, 0.717) is 12.5 Å². The number of carbonyl (C=O) groups excluding carboxylic acids is 1. The Bertz CT molecular complexity index is 417. The van der Waals surface area contributed by atoms with Crippen molar-refractivity contribution in [2.75, 3.05) is 6.54 Å². The summed E-state index contributed by atoms with van der Waals surface area (Å²) in [5, 5.41) is 15.2. The van der Waals surface area contributed by atoms with Gasteiger partial charge in [-0.2, -0.15) is 0 Å². The van der Waals surface area contributed by atoms with Crippen molar-refractivity contribution in [2.45, 2.75) is 39.0 Å². The number of aliphatic hydroxyl groups excluding tert-OH is 1. The van der Waals surface area contributed by atoms with Crippen LogP contribution in [-0.2, 0) is 17.9 Å². The van der Waals surface area contributed by atoms with Crippen LogP contribution in [0.5, 0.6) is 0 Å². The highest BCUT2D eigenvalue weighted by Gasteiger charge is 2.23. The summed E-state index contributed by atoms with van der Waals surface area (Å²) >= 11 is 0. The molecule has 104 valence electrons. The molecule has 1 heterocycles. The topological polar surface area (TPSA) is 61.4 Å². The molecule has 2 unspecified atom stereocenters. The van der Waals surface area contributed by atoms with Crippen molar-refractivity contribution in [3.8, 4) is 0 Å². The lowest BCUT2D eigenvalue weighted by atomic mass is 9.94. The molecule has 0 aliphatic carbocycles. The summed E-state index contributed by atoms with van der Waals surface area (Å²) < 4.78 is 0. The van der Waals surface area contributed by atoms with E-state index in [-0.39, 0.29) is 18.6 Å². The number of piperidine rings is 1. The molecule has 0 radical (unpaired) electrons. The maximum atomic E-state index is 12.0. The molecule has 0 saturated carbocycles. The molecule has 4 heteroatoms. The van der Waals surface area contributed by atoms with E-state index in [1.807, 2.05) is 24.3 Å². The zero-order valence-electron chi connectivity index (χ0n) is 11.4. The molecule has 3 N–H and O–H groups in total. The van der Waals surface area contributed by atoms with Gasteiger partial charge in [-0.3, -0.25) is 4.79 Å². The van der Waals surface area contributed by atoms with Crippen molar-refractivity contribution in [3.63, 3.8) is 0 Å². The number of nitrogens with one attached hydrogen (secondary N) is 2. The number of rotatable bonds is 4. The molecule has 4 nitrogen and oxygen atoms in total. The van der Waals surface area contributed by atoms with E-state index in [9.17, 15) is 4.79 Å². The first kappa shape index (κ1) is 14.0. The van der Waals surface area contributed by atoms with Gasteiger partial charge in [-0.1, -0.05) is 31.2 Å². The minimum atomic E-state index is -0.0551. The number of benzene rings is 1. The summed E-state index contributed by atoms with van der Waals surface area (Å²) in [6, 6.07) is 7.57. The Morgan fingerprint density at radius 2 is 2.05 bits per heavy atom. The summed E-state index contributed by atoms with van der Waals surface area (Å²) in [7, 11) is 0. The highest BCUT2D eigenvalue weighted by Crippen LogP contribution is 2.15. The standard InChI is InChI=1S/C15H22N2O2/c1-11-6-7-16-14(8-11)15(19)17-9-12-2-4-13(10-18)5-3-12/h2-5,11,14,16,18H,6-10H2,1H3,(H,17,19). The summed E-state index contributed by atoms with van der Waals surface area (Å²) in [4.78, 5) is 12.0. The fourth-order valence-electron chi connectivity index (χ4n) is 2.38. The van der Waals surface area contributed by atoms with Gasteiger partial charge in [-0.15, -0.1) is 0 Å². The zero-order valence-corrected chi connectivity index (χ0v) is 11.4. The molecule has 0 aromatic heterocycles. The number of hydrogen-bond donors (Lipinski definition) is 3. The van der Waals surface area contributed by atoms with Gasteiger partial charge in [0.05, 0.1) is 12.6 Å². The lowest BCUT2D eigenvalue weighted by Crippen LogP contribution is -2.48. The van der Waals surface area contributed by atoms with E-state index in [2.05, 4.69) is 17.6 Å². The molecule has 1 aliphatic rings. The second-order valence-electron chi connectivity index (χ2n) is 5.33. The van der Waals surface area contributed by atoms with E-state index in [1.165, 1.54) is 0 Å². The van der Waals surface area contributed by atoms with Gasteiger partial charge >= 0.3 is 0 Å². The Hall–Kier alpha value is -1.39. The van der Waals surface area contributed by atoms with Gasteiger partial charge in [0, 0.05) is 6.54 Å². The van der Waals surface area contributed by atoms with Crippen LogP contribution in [0, 0.1) is 5.92 Å². The maximum Gasteiger partial charge on any atom is 0.237 e. The normalized spacial score (nSPS) is 23.1. The Morgan fingerprint density at radius 3 is 2.68 bits per heavy atom. The maximum absolute atomic E-state index is 12.0. The molecule has 2 atom stereocenters. The van der Waals surface area contributed by atoms with Crippen LogP contribution in [0.25, 0.3) is 0 Å². The molecule has 1 aromatic carbocycles. The van der Waals surface area contributed by atoms with Crippen molar-refractivity contribution in [3.05, 3.63) is 35.4 Å². The third-order valence-corrected chi connectivity index (χ3v) is 3.65. The molecule has 1 fully saturated rings. The molecule has 0 bridgehead atoms. The average molecular weight is 262 g/mol. The first-order valence-corrected chi connectivity index (χ1v) is 6.89. The summed E-state index contributed by atoms with van der Waals surface area (Å²) in [6.45, 7) is 3.70. The third kappa shape index (κ3) is 4.04. The Kier molecular flexibility index (Phi) is 4.93. The minimum absolute atomic E-state index is 0.0521. The molecule has 1 saturated heterocycles. The van der Waals surface area contributed by atoms with Crippen LogP contribution >= 0.6 is 0 Å². The van der Waals surface area contributed by atoms with Gasteiger partial charge in [0.2, 0.25) is 5.91 Å². The van der Waals surface area contributed by atoms with E-state index in [0.717, 1.165) is 30.5 Å². The fraction of sp³-hybridized carbons (Fsp3) is 0.533. The molecular formula is C15H22N2O2. The van der Waals surface area contributed by atoms with Gasteiger partial charge < -0.3 is 15.7 Å². The lowest BCUT2D eigenvalue weighted by Gasteiger charge is -2.27.